The summed E-state index contributed by atoms with van der Waals surface area (Å²) in [6, 6.07) is 0.202. The van der Waals surface area contributed by atoms with Crippen molar-refractivity contribution in [2.24, 2.45) is 23.7 Å². The largest absolute Gasteiger partial charge is 0.446 e. The van der Waals surface area contributed by atoms with Crippen LogP contribution in [0.15, 0.2) is 10.6 Å². The van der Waals surface area contributed by atoms with Crippen molar-refractivity contribution in [3.8, 4) is 0 Å². The number of nitrogens with zero attached hydrogens (tertiary/aromatic N) is 1. The fourth-order valence-electron chi connectivity index (χ4n) is 4.60. The average Bonchev–Trinajstić information content (AvgIpc) is 2.51. The standard InChI is InChI=1S/C19H30BrNO2/c1-12(2)15-6-4-13(3)10-18(15)23-19(22)21-9-8-14-5-7-16(20)17(21)11-14/h7,12-15,17-18H,4-6,8-11H2,1-3H3/t13-,14+,15+,17-,18-/m1/s1. The maximum Gasteiger partial charge on any atom is 0.410 e. The summed E-state index contributed by atoms with van der Waals surface area (Å²) in [5, 5.41) is 0. The lowest BCUT2D eigenvalue weighted by Gasteiger charge is -2.43. The van der Waals surface area contributed by atoms with E-state index in [0.717, 1.165) is 38.1 Å². The summed E-state index contributed by atoms with van der Waals surface area (Å²) in [6.07, 6.45) is 9.06. The van der Waals surface area contributed by atoms with Gasteiger partial charge < -0.3 is 9.64 Å². The number of fused-ring (bicyclic) bond motifs is 2. The highest BCUT2D eigenvalue weighted by Gasteiger charge is 2.39. The van der Waals surface area contributed by atoms with Crippen LogP contribution in [0.25, 0.3) is 0 Å². The van der Waals surface area contributed by atoms with Gasteiger partial charge >= 0.3 is 6.09 Å². The minimum atomic E-state index is -0.0922. The third-order valence-electron chi connectivity index (χ3n) is 6.12. The molecule has 0 aromatic heterocycles. The lowest BCUT2D eigenvalue weighted by Crippen LogP contribution is -2.49. The lowest BCUT2D eigenvalue weighted by atomic mass is 9.75. The zero-order chi connectivity index (χ0) is 16.6. The molecule has 1 saturated heterocycles. The van der Waals surface area contributed by atoms with Gasteiger partial charge in [0.1, 0.15) is 6.10 Å². The Hall–Kier alpha value is -0.510. The Morgan fingerprint density at radius 1 is 1.30 bits per heavy atom. The highest BCUT2D eigenvalue weighted by Crippen LogP contribution is 2.39. The van der Waals surface area contributed by atoms with E-state index < -0.39 is 0 Å². The molecule has 0 spiro atoms. The van der Waals surface area contributed by atoms with E-state index in [-0.39, 0.29) is 18.2 Å². The molecule has 0 aromatic rings. The van der Waals surface area contributed by atoms with Crippen LogP contribution >= 0.6 is 15.9 Å². The number of allylic oxidation sites excluding steroid dienone is 1. The lowest BCUT2D eigenvalue weighted by molar-refractivity contribution is -0.0192. The third kappa shape index (κ3) is 3.78. The number of carbonyl (C=O) groups excluding carboxylic acids is 1. The minimum absolute atomic E-state index is 0.0922. The molecule has 2 fully saturated rings. The molecule has 1 amide bonds. The number of carbonyl (C=O) groups is 1. The van der Waals surface area contributed by atoms with Gasteiger partial charge in [0.25, 0.3) is 0 Å². The number of ether oxygens (including phenoxy) is 1. The van der Waals surface area contributed by atoms with Crippen molar-refractivity contribution < 1.29 is 9.53 Å². The molecular formula is C19H30BrNO2. The van der Waals surface area contributed by atoms with Crippen LogP contribution in [0.2, 0.25) is 0 Å². The zero-order valence-corrected chi connectivity index (χ0v) is 16.2. The van der Waals surface area contributed by atoms with Crippen LogP contribution in [0.5, 0.6) is 0 Å². The first-order chi connectivity index (χ1) is 11.0. The van der Waals surface area contributed by atoms with Crippen molar-refractivity contribution in [3.63, 3.8) is 0 Å². The molecule has 2 bridgehead atoms. The fraction of sp³-hybridized carbons (Fsp3) is 0.842. The number of rotatable bonds is 2. The van der Waals surface area contributed by atoms with Crippen LogP contribution in [0.4, 0.5) is 4.79 Å². The molecule has 0 radical (unpaired) electrons. The first kappa shape index (κ1) is 17.3. The van der Waals surface area contributed by atoms with Crippen molar-refractivity contribution in [1.82, 2.24) is 4.90 Å². The number of hydrogen-bond donors (Lipinski definition) is 0. The molecule has 23 heavy (non-hydrogen) atoms. The molecule has 0 N–H and O–H groups in total. The van der Waals surface area contributed by atoms with Crippen LogP contribution in [-0.4, -0.2) is 29.7 Å². The number of amides is 1. The summed E-state index contributed by atoms with van der Waals surface area (Å²) >= 11 is 3.67. The van der Waals surface area contributed by atoms with Crippen LogP contribution in [0, 0.1) is 23.7 Å². The summed E-state index contributed by atoms with van der Waals surface area (Å²) in [5.41, 5.74) is 0. The smallest absolute Gasteiger partial charge is 0.410 e. The Morgan fingerprint density at radius 3 is 2.83 bits per heavy atom. The summed E-state index contributed by atoms with van der Waals surface area (Å²) in [7, 11) is 0. The minimum Gasteiger partial charge on any atom is -0.446 e. The van der Waals surface area contributed by atoms with E-state index >= 15 is 0 Å². The Bertz CT molecular complexity index is 476. The predicted octanol–water partition coefficient (Wildman–Crippen LogP) is 5.35. The van der Waals surface area contributed by atoms with Crippen LogP contribution in [-0.2, 0) is 4.74 Å². The summed E-state index contributed by atoms with van der Waals surface area (Å²) in [5.74, 6) is 2.49. The van der Waals surface area contributed by atoms with Gasteiger partial charge in [-0.1, -0.05) is 49.2 Å². The van der Waals surface area contributed by atoms with E-state index in [0.29, 0.717) is 17.8 Å². The van der Waals surface area contributed by atoms with Crippen LogP contribution in [0.1, 0.15) is 59.3 Å². The highest BCUT2D eigenvalue weighted by molar-refractivity contribution is 9.11. The van der Waals surface area contributed by atoms with Crippen molar-refractivity contribution in [2.75, 3.05) is 6.54 Å². The molecule has 2 aliphatic carbocycles. The fourth-order valence-corrected chi connectivity index (χ4v) is 5.22. The van der Waals surface area contributed by atoms with Crippen molar-refractivity contribution in [1.29, 1.82) is 0 Å². The second-order valence-corrected chi connectivity index (χ2v) is 9.09. The first-order valence-corrected chi connectivity index (χ1v) is 10.1. The number of piperidine rings is 1. The van der Waals surface area contributed by atoms with Crippen LogP contribution in [0.3, 0.4) is 0 Å². The molecule has 5 atom stereocenters. The van der Waals surface area contributed by atoms with Gasteiger partial charge in [0, 0.05) is 11.0 Å². The van der Waals surface area contributed by atoms with Gasteiger partial charge in [0.15, 0.2) is 0 Å². The number of hydrogen-bond acceptors (Lipinski definition) is 2. The quantitative estimate of drug-likeness (QED) is 0.643. The molecule has 4 heteroatoms. The molecular weight excluding hydrogens is 354 g/mol. The van der Waals surface area contributed by atoms with Crippen molar-refractivity contribution >= 4 is 22.0 Å². The van der Waals surface area contributed by atoms with Crippen molar-refractivity contribution in [2.45, 2.75) is 71.4 Å². The molecule has 0 unspecified atom stereocenters. The Labute approximate surface area is 149 Å². The van der Waals surface area contributed by atoms with E-state index in [2.05, 4.69) is 42.8 Å². The van der Waals surface area contributed by atoms with E-state index in [1.165, 1.54) is 17.3 Å². The van der Waals surface area contributed by atoms with Gasteiger partial charge in [-0.05, 0) is 55.8 Å². The van der Waals surface area contributed by atoms with E-state index in [1.807, 2.05) is 4.90 Å². The summed E-state index contributed by atoms with van der Waals surface area (Å²) in [4.78, 5) is 14.8. The van der Waals surface area contributed by atoms with Gasteiger partial charge in [-0.15, -0.1) is 0 Å². The van der Waals surface area contributed by atoms with Gasteiger partial charge in [-0.25, -0.2) is 4.79 Å². The second-order valence-electron chi connectivity index (χ2n) is 8.17. The SMILES string of the molecule is CC(C)[C@@H]1CC[C@@H](C)C[C@H]1OC(=O)N1CC[C@@H]2CC=C(Br)[C@H]1C2. The second kappa shape index (κ2) is 7.16. The normalized spacial score (nSPS) is 37.5. The molecule has 130 valence electrons. The summed E-state index contributed by atoms with van der Waals surface area (Å²) < 4.78 is 7.22. The first-order valence-electron chi connectivity index (χ1n) is 9.28. The Kier molecular flexibility index (Phi) is 5.39. The molecule has 3 rings (SSSR count). The Balaban J connectivity index is 1.67. The Morgan fingerprint density at radius 2 is 2.09 bits per heavy atom. The monoisotopic (exact) mass is 383 g/mol. The molecule has 3 aliphatic rings. The maximum absolute atomic E-state index is 12.8. The maximum atomic E-state index is 12.8. The summed E-state index contributed by atoms with van der Waals surface area (Å²) in [6.45, 7) is 7.63. The molecule has 3 nitrogen and oxygen atoms in total. The molecule has 1 aliphatic heterocycles. The predicted molar refractivity (Wildman–Crippen MR) is 96.5 cm³/mol. The van der Waals surface area contributed by atoms with Gasteiger partial charge in [0.2, 0.25) is 0 Å². The van der Waals surface area contributed by atoms with Crippen molar-refractivity contribution in [3.05, 3.63) is 10.6 Å². The van der Waals surface area contributed by atoms with Gasteiger partial charge in [-0.3, -0.25) is 0 Å². The highest BCUT2D eigenvalue weighted by atomic mass is 79.9. The molecule has 0 aromatic carbocycles. The topological polar surface area (TPSA) is 29.5 Å². The number of halogens is 1. The zero-order valence-electron chi connectivity index (χ0n) is 14.6. The van der Waals surface area contributed by atoms with Crippen LogP contribution < -0.4 is 0 Å². The van der Waals surface area contributed by atoms with Gasteiger partial charge in [-0.2, -0.15) is 0 Å². The number of likely N-dealkylation sites (tertiary alicyclic amines) is 1. The van der Waals surface area contributed by atoms with E-state index in [4.69, 9.17) is 4.74 Å². The molecule has 1 heterocycles. The molecule has 1 saturated carbocycles. The van der Waals surface area contributed by atoms with E-state index in [9.17, 15) is 4.79 Å². The van der Waals surface area contributed by atoms with E-state index in [1.54, 1.807) is 0 Å². The van der Waals surface area contributed by atoms with Gasteiger partial charge in [0.05, 0.1) is 6.04 Å². The third-order valence-corrected chi connectivity index (χ3v) is 6.98. The average molecular weight is 384 g/mol.